The van der Waals surface area contributed by atoms with E-state index >= 15 is 0 Å². The highest BCUT2D eigenvalue weighted by atomic mass is 35.5. The Morgan fingerprint density at radius 2 is 1.76 bits per heavy atom. The molecule has 1 aliphatic carbocycles. The molecule has 0 spiro atoms. The molecule has 0 nitrogen and oxygen atoms in total. The molecule has 0 N–H and O–H groups in total. The lowest BCUT2D eigenvalue weighted by Crippen LogP contribution is -1.90. The minimum absolute atomic E-state index is 0.959. The number of hydrogen-bond acceptors (Lipinski definition) is 0. The first-order valence-electron chi connectivity index (χ1n) is 5.89. The van der Waals surface area contributed by atoms with Crippen molar-refractivity contribution >= 4 is 27.9 Å². The number of rotatable bonds is 1. The molecule has 1 aliphatic rings. The average molecular weight is 241 g/mol. The van der Waals surface area contributed by atoms with Crippen molar-refractivity contribution in [1.29, 1.82) is 0 Å². The van der Waals surface area contributed by atoms with Crippen LogP contribution < -0.4 is 0 Å². The monoisotopic (exact) mass is 240 g/mol. The zero-order chi connectivity index (χ0) is 11.7. The van der Waals surface area contributed by atoms with Crippen LogP contribution in [0, 0.1) is 0 Å². The topological polar surface area (TPSA) is 0 Å². The van der Waals surface area contributed by atoms with Crippen LogP contribution in [-0.2, 0) is 0 Å². The van der Waals surface area contributed by atoms with Crippen LogP contribution in [0.5, 0.6) is 0 Å². The third-order valence-corrected chi connectivity index (χ3v) is 3.56. The second-order valence-electron chi connectivity index (χ2n) is 4.32. The molecule has 0 saturated heterocycles. The average Bonchev–Trinajstić information content (AvgIpc) is 2.39. The Hall–Kier alpha value is -1.53. The Balaban J connectivity index is 2.15. The van der Waals surface area contributed by atoms with Gasteiger partial charge in [0, 0.05) is 5.03 Å². The van der Waals surface area contributed by atoms with Crippen LogP contribution in [0.2, 0.25) is 0 Å². The summed E-state index contributed by atoms with van der Waals surface area (Å²) < 4.78 is 0. The van der Waals surface area contributed by atoms with Crippen molar-refractivity contribution in [3.63, 3.8) is 0 Å². The van der Waals surface area contributed by atoms with Crippen molar-refractivity contribution in [2.75, 3.05) is 0 Å². The summed E-state index contributed by atoms with van der Waals surface area (Å²) in [5.74, 6) is 0. The summed E-state index contributed by atoms with van der Waals surface area (Å²) in [5, 5.41) is 3.51. The quantitative estimate of drug-likeness (QED) is 0.648. The van der Waals surface area contributed by atoms with Gasteiger partial charge in [-0.1, -0.05) is 60.2 Å². The molecule has 0 unspecified atom stereocenters. The standard InChI is InChI=1S/C16H13Cl/c17-16-8-4-3-7-15(16)14-10-9-12-5-1-2-6-13(12)11-14/h1-3,5-7,9-11H,4,8H2. The largest absolute Gasteiger partial charge is 0.0885 e. The first-order chi connectivity index (χ1) is 8.34. The van der Waals surface area contributed by atoms with E-state index in [2.05, 4.69) is 54.6 Å². The number of benzene rings is 2. The summed E-state index contributed by atoms with van der Waals surface area (Å²) in [7, 11) is 0. The fourth-order valence-electron chi connectivity index (χ4n) is 2.25. The van der Waals surface area contributed by atoms with Crippen LogP contribution in [0.3, 0.4) is 0 Å². The van der Waals surface area contributed by atoms with Gasteiger partial charge in [0.15, 0.2) is 0 Å². The lowest BCUT2D eigenvalue weighted by atomic mass is 9.97. The summed E-state index contributed by atoms with van der Waals surface area (Å²) in [6.45, 7) is 0. The third kappa shape index (κ3) is 2.01. The molecule has 0 radical (unpaired) electrons. The van der Waals surface area contributed by atoms with Gasteiger partial charge in [0.25, 0.3) is 0 Å². The van der Waals surface area contributed by atoms with E-state index in [4.69, 9.17) is 11.6 Å². The highest BCUT2D eigenvalue weighted by molar-refractivity contribution is 6.33. The minimum Gasteiger partial charge on any atom is -0.0885 e. The maximum atomic E-state index is 6.30. The van der Waals surface area contributed by atoms with E-state index in [0.29, 0.717) is 0 Å². The molecule has 0 aromatic heterocycles. The molecule has 3 rings (SSSR count). The van der Waals surface area contributed by atoms with Crippen LogP contribution >= 0.6 is 11.6 Å². The number of halogens is 1. The predicted molar refractivity (Wildman–Crippen MR) is 75.1 cm³/mol. The van der Waals surface area contributed by atoms with E-state index in [1.54, 1.807) is 0 Å². The molecular formula is C16H13Cl. The van der Waals surface area contributed by atoms with Crippen LogP contribution in [0.15, 0.2) is 59.6 Å². The van der Waals surface area contributed by atoms with E-state index in [1.165, 1.54) is 21.9 Å². The smallest absolute Gasteiger partial charge is 0.0262 e. The van der Waals surface area contributed by atoms with Gasteiger partial charge in [-0.15, -0.1) is 0 Å². The predicted octanol–water partition coefficient (Wildman–Crippen LogP) is 5.14. The first-order valence-corrected chi connectivity index (χ1v) is 6.27. The third-order valence-electron chi connectivity index (χ3n) is 3.17. The zero-order valence-corrected chi connectivity index (χ0v) is 10.2. The minimum atomic E-state index is 0.959. The summed E-state index contributed by atoms with van der Waals surface area (Å²) in [5.41, 5.74) is 2.38. The van der Waals surface area contributed by atoms with E-state index in [1.807, 2.05) is 0 Å². The second kappa shape index (κ2) is 4.38. The first kappa shape index (κ1) is 10.6. The molecular weight excluding hydrogens is 228 g/mol. The SMILES string of the molecule is ClC1=C(c2ccc3ccccc3c2)C=CCC1. The van der Waals surface area contributed by atoms with Gasteiger partial charge < -0.3 is 0 Å². The van der Waals surface area contributed by atoms with Crippen molar-refractivity contribution in [3.05, 3.63) is 65.2 Å². The zero-order valence-electron chi connectivity index (χ0n) is 9.49. The van der Waals surface area contributed by atoms with Gasteiger partial charge in [-0.25, -0.2) is 0 Å². The van der Waals surface area contributed by atoms with Crippen molar-refractivity contribution < 1.29 is 0 Å². The molecule has 17 heavy (non-hydrogen) atoms. The van der Waals surface area contributed by atoms with Crippen LogP contribution in [0.4, 0.5) is 0 Å². The fourth-order valence-corrected chi connectivity index (χ4v) is 2.53. The molecule has 0 bridgehead atoms. The summed E-state index contributed by atoms with van der Waals surface area (Å²) in [6.07, 6.45) is 6.34. The van der Waals surface area contributed by atoms with Gasteiger partial charge in [-0.2, -0.15) is 0 Å². The van der Waals surface area contributed by atoms with Crippen molar-refractivity contribution in [2.24, 2.45) is 0 Å². The van der Waals surface area contributed by atoms with Crippen LogP contribution in [0.1, 0.15) is 18.4 Å². The van der Waals surface area contributed by atoms with Crippen LogP contribution in [-0.4, -0.2) is 0 Å². The molecule has 1 heteroatoms. The molecule has 0 fully saturated rings. The molecule has 0 heterocycles. The Labute approximate surface area is 106 Å². The molecule has 0 atom stereocenters. The van der Waals surface area contributed by atoms with E-state index in [9.17, 15) is 0 Å². The Morgan fingerprint density at radius 1 is 0.941 bits per heavy atom. The molecule has 0 saturated carbocycles. The van der Waals surface area contributed by atoms with Gasteiger partial charge in [-0.3, -0.25) is 0 Å². The Morgan fingerprint density at radius 3 is 2.59 bits per heavy atom. The number of hydrogen-bond donors (Lipinski definition) is 0. The maximum absolute atomic E-state index is 6.30. The second-order valence-corrected chi connectivity index (χ2v) is 4.78. The van der Waals surface area contributed by atoms with E-state index in [-0.39, 0.29) is 0 Å². The molecule has 0 amide bonds. The molecule has 84 valence electrons. The lowest BCUT2D eigenvalue weighted by Gasteiger charge is -2.11. The summed E-state index contributed by atoms with van der Waals surface area (Å²) >= 11 is 6.30. The van der Waals surface area contributed by atoms with Crippen molar-refractivity contribution in [1.82, 2.24) is 0 Å². The Bertz CT molecular complexity index is 620. The fraction of sp³-hybridized carbons (Fsp3) is 0.125. The van der Waals surface area contributed by atoms with Gasteiger partial charge in [0.1, 0.15) is 0 Å². The van der Waals surface area contributed by atoms with Gasteiger partial charge in [0.05, 0.1) is 0 Å². The number of allylic oxidation sites excluding steroid dienone is 4. The van der Waals surface area contributed by atoms with Gasteiger partial charge in [-0.05, 0) is 40.8 Å². The molecule has 2 aromatic carbocycles. The summed E-state index contributed by atoms with van der Waals surface area (Å²) in [6, 6.07) is 14.9. The van der Waals surface area contributed by atoms with Gasteiger partial charge >= 0.3 is 0 Å². The van der Waals surface area contributed by atoms with Crippen molar-refractivity contribution in [2.45, 2.75) is 12.8 Å². The normalized spacial score (nSPS) is 15.6. The molecule has 0 aliphatic heterocycles. The highest BCUT2D eigenvalue weighted by Crippen LogP contribution is 2.31. The lowest BCUT2D eigenvalue weighted by molar-refractivity contribution is 1.02. The molecule has 2 aromatic rings. The number of fused-ring (bicyclic) bond motifs is 1. The highest BCUT2D eigenvalue weighted by Gasteiger charge is 2.08. The van der Waals surface area contributed by atoms with Crippen molar-refractivity contribution in [3.8, 4) is 0 Å². The van der Waals surface area contributed by atoms with E-state index in [0.717, 1.165) is 17.9 Å². The van der Waals surface area contributed by atoms with Gasteiger partial charge in [0.2, 0.25) is 0 Å². The summed E-state index contributed by atoms with van der Waals surface area (Å²) in [4.78, 5) is 0. The maximum Gasteiger partial charge on any atom is 0.0262 e. The van der Waals surface area contributed by atoms with E-state index < -0.39 is 0 Å². The Kier molecular flexibility index (Phi) is 2.74. The van der Waals surface area contributed by atoms with Crippen LogP contribution in [0.25, 0.3) is 16.3 Å².